The van der Waals surface area contributed by atoms with Crippen molar-refractivity contribution in [3.05, 3.63) is 23.9 Å². The molecule has 1 aromatic carbocycles. The maximum atomic E-state index is 12.6. The molecule has 0 saturated heterocycles. The van der Waals surface area contributed by atoms with Crippen LogP contribution in [0.1, 0.15) is 5.69 Å². The molecule has 2 aromatic rings. The van der Waals surface area contributed by atoms with Crippen LogP contribution < -0.4 is 18.9 Å². The van der Waals surface area contributed by atoms with Gasteiger partial charge in [-0.3, -0.25) is 9.40 Å². The van der Waals surface area contributed by atoms with Gasteiger partial charge in [-0.15, -0.1) is 0 Å². The molecule has 0 aliphatic rings. The number of rotatable bonds is 6. The van der Waals surface area contributed by atoms with Crippen molar-refractivity contribution < 1.29 is 22.6 Å². The Morgan fingerprint density at radius 2 is 1.57 bits per heavy atom. The van der Waals surface area contributed by atoms with Crippen molar-refractivity contribution in [3.63, 3.8) is 0 Å². The number of nitrogens with zero attached hydrogens (tertiary/aromatic N) is 2. The summed E-state index contributed by atoms with van der Waals surface area (Å²) in [4.78, 5) is 0. The van der Waals surface area contributed by atoms with Crippen molar-refractivity contribution in [2.45, 2.75) is 11.9 Å². The summed E-state index contributed by atoms with van der Waals surface area (Å²) in [6, 6.07) is 4.53. The van der Waals surface area contributed by atoms with Gasteiger partial charge in [0, 0.05) is 19.2 Å². The number of sulfonamides is 1. The van der Waals surface area contributed by atoms with Gasteiger partial charge in [-0.05, 0) is 13.0 Å². The van der Waals surface area contributed by atoms with E-state index in [4.69, 9.17) is 14.2 Å². The quantitative estimate of drug-likeness (QED) is 0.857. The van der Waals surface area contributed by atoms with Gasteiger partial charge in [-0.1, -0.05) is 0 Å². The minimum Gasteiger partial charge on any atom is -0.494 e. The fourth-order valence-corrected chi connectivity index (χ4v) is 3.41. The van der Waals surface area contributed by atoms with E-state index in [0.29, 0.717) is 22.9 Å². The van der Waals surface area contributed by atoms with Gasteiger partial charge in [-0.2, -0.15) is 13.5 Å². The lowest BCUT2D eigenvalue weighted by molar-refractivity contribution is 0.349. The zero-order chi connectivity index (χ0) is 17.2. The Morgan fingerprint density at radius 3 is 2.04 bits per heavy atom. The molecule has 0 bridgehead atoms. The summed E-state index contributed by atoms with van der Waals surface area (Å²) < 4.78 is 44.5. The second kappa shape index (κ2) is 6.37. The number of aryl methyl sites for hydroxylation is 2. The van der Waals surface area contributed by atoms with E-state index >= 15 is 0 Å². The van der Waals surface area contributed by atoms with E-state index < -0.39 is 10.0 Å². The minimum atomic E-state index is -3.83. The van der Waals surface area contributed by atoms with Crippen molar-refractivity contribution in [2.24, 2.45) is 7.05 Å². The molecule has 0 fully saturated rings. The summed E-state index contributed by atoms with van der Waals surface area (Å²) in [5.74, 6) is 1.13. The van der Waals surface area contributed by atoms with Crippen molar-refractivity contribution in [1.29, 1.82) is 0 Å². The van der Waals surface area contributed by atoms with Crippen LogP contribution in [-0.2, 0) is 17.1 Å². The van der Waals surface area contributed by atoms with Crippen LogP contribution in [0, 0.1) is 6.92 Å². The number of ether oxygens (including phenoxy) is 3. The lowest BCUT2D eigenvalue weighted by Crippen LogP contribution is -2.17. The second-order valence-electron chi connectivity index (χ2n) is 4.76. The van der Waals surface area contributed by atoms with Crippen LogP contribution in [0.2, 0.25) is 0 Å². The maximum absolute atomic E-state index is 12.6. The molecule has 9 heteroatoms. The van der Waals surface area contributed by atoms with Crippen molar-refractivity contribution in [3.8, 4) is 17.2 Å². The SMILES string of the molecule is COc1cc(OC)c(OC)cc1NS(=O)(=O)c1cc(C)nn1C. The first-order valence-corrected chi connectivity index (χ1v) is 8.14. The van der Waals surface area contributed by atoms with E-state index in [9.17, 15) is 8.42 Å². The van der Waals surface area contributed by atoms with Crippen LogP contribution in [0.5, 0.6) is 17.2 Å². The summed E-state index contributed by atoms with van der Waals surface area (Å²) in [5, 5.41) is 4.09. The van der Waals surface area contributed by atoms with E-state index in [1.54, 1.807) is 20.0 Å². The Balaban J connectivity index is 2.48. The molecule has 0 unspecified atom stereocenters. The number of benzene rings is 1. The molecule has 1 N–H and O–H groups in total. The molecule has 23 heavy (non-hydrogen) atoms. The first kappa shape index (κ1) is 16.9. The van der Waals surface area contributed by atoms with Gasteiger partial charge in [0.25, 0.3) is 10.0 Å². The smallest absolute Gasteiger partial charge is 0.279 e. The molecule has 0 aliphatic carbocycles. The molecule has 8 nitrogen and oxygen atoms in total. The van der Waals surface area contributed by atoms with Gasteiger partial charge in [0.15, 0.2) is 16.5 Å². The third-order valence-corrected chi connectivity index (χ3v) is 4.61. The van der Waals surface area contributed by atoms with E-state index in [-0.39, 0.29) is 10.7 Å². The number of hydrogen-bond donors (Lipinski definition) is 1. The number of anilines is 1. The van der Waals surface area contributed by atoms with Gasteiger partial charge in [0.1, 0.15) is 5.75 Å². The largest absolute Gasteiger partial charge is 0.494 e. The highest BCUT2D eigenvalue weighted by Crippen LogP contribution is 2.38. The lowest BCUT2D eigenvalue weighted by Gasteiger charge is -2.15. The molecule has 0 saturated carbocycles. The normalized spacial score (nSPS) is 11.2. The molecule has 1 aromatic heterocycles. The second-order valence-corrected chi connectivity index (χ2v) is 6.39. The predicted octanol–water partition coefficient (Wildman–Crippen LogP) is 1.56. The molecule has 126 valence electrons. The average molecular weight is 341 g/mol. The monoisotopic (exact) mass is 341 g/mol. The fourth-order valence-electron chi connectivity index (χ4n) is 2.14. The van der Waals surface area contributed by atoms with Crippen LogP contribution in [0.3, 0.4) is 0 Å². The minimum absolute atomic E-state index is 0.0480. The molecule has 0 aliphatic heterocycles. The van der Waals surface area contributed by atoms with Crippen molar-refractivity contribution >= 4 is 15.7 Å². The highest BCUT2D eigenvalue weighted by atomic mass is 32.2. The molecule has 0 radical (unpaired) electrons. The fraction of sp³-hybridized carbons (Fsp3) is 0.357. The molecule has 1 heterocycles. The maximum Gasteiger partial charge on any atom is 0.279 e. The Labute approximate surface area is 135 Å². The first-order chi connectivity index (χ1) is 10.8. The molecule has 2 rings (SSSR count). The number of hydrogen-bond acceptors (Lipinski definition) is 6. The highest BCUT2D eigenvalue weighted by Gasteiger charge is 2.22. The topological polar surface area (TPSA) is 91.7 Å². The third-order valence-electron chi connectivity index (χ3n) is 3.18. The van der Waals surface area contributed by atoms with E-state index in [0.717, 1.165) is 0 Å². The Hall–Kier alpha value is -2.42. The Morgan fingerprint density at radius 1 is 1.00 bits per heavy atom. The summed E-state index contributed by atoms with van der Waals surface area (Å²) >= 11 is 0. The van der Waals surface area contributed by atoms with Crippen LogP contribution in [0.15, 0.2) is 23.2 Å². The van der Waals surface area contributed by atoms with Gasteiger partial charge < -0.3 is 14.2 Å². The summed E-state index contributed by atoms with van der Waals surface area (Å²) in [7, 11) is 2.13. The summed E-state index contributed by atoms with van der Waals surface area (Å²) in [5.41, 5.74) is 0.844. The average Bonchev–Trinajstić information content (AvgIpc) is 2.86. The number of aromatic nitrogens is 2. The van der Waals surface area contributed by atoms with Crippen molar-refractivity contribution in [1.82, 2.24) is 9.78 Å². The Bertz CT molecular complexity index is 814. The first-order valence-electron chi connectivity index (χ1n) is 6.66. The Kier molecular flexibility index (Phi) is 4.69. The van der Waals surface area contributed by atoms with Gasteiger partial charge >= 0.3 is 0 Å². The lowest BCUT2D eigenvalue weighted by atomic mass is 10.2. The third kappa shape index (κ3) is 3.34. The molecular weight excluding hydrogens is 322 g/mol. The van der Waals surface area contributed by atoms with E-state index in [2.05, 4.69) is 9.82 Å². The predicted molar refractivity (Wildman–Crippen MR) is 84.9 cm³/mol. The van der Waals surface area contributed by atoms with Crippen LogP contribution in [0.4, 0.5) is 5.69 Å². The zero-order valence-electron chi connectivity index (χ0n) is 13.6. The summed E-state index contributed by atoms with van der Waals surface area (Å²) in [6.45, 7) is 1.72. The molecule has 0 amide bonds. The zero-order valence-corrected chi connectivity index (χ0v) is 14.4. The van der Waals surface area contributed by atoms with Gasteiger partial charge in [-0.25, -0.2) is 0 Å². The number of nitrogens with one attached hydrogen (secondary N) is 1. The van der Waals surface area contributed by atoms with Crippen LogP contribution in [-0.4, -0.2) is 39.5 Å². The highest BCUT2D eigenvalue weighted by molar-refractivity contribution is 7.92. The van der Waals surface area contributed by atoms with E-state index in [1.807, 2.05) is 0 Å². The molecule has 0 atom stereocenters. The summed E-state index contributed by atoms with van der Waals surface area (Å²) in [6.07, 6.45) is 0. The van der Waals surface area contributed by atoms with Crippen molar-refractivity contribution in [2.75, 3.05) is 26.1 Å². The van der Waals surface area contributed by atoms with Crippen LogP contribution >= 0.6 is 0 Å². The van der Waals surface area contributed by atoms with Gasteiger partial charge in [0.2, 0.25) is 0 Å². The molecule has 0 spiro atoms. The van der Waals surface area contributed by atoms with Gasteiger partial charge in [0.05, 0.1) is 32.7 Å². The number of methoxy groups -OCH3 is 3. The van der Waals surface area contributed by atoms with Crippen LogP contribution in [0.25, 0.3) is 0 Å². The van der Waals surface area contributed by atoms with E-state index in [1.165, 1.54) is 38.1 Å². The molecular formula is C14H19N3O5S. The standard InChI is InChI=1S/C14H19N3O5S/c1-9-6-14(17(2)15-9)23(18,19)16-10-7-12(21-4)13(22-5)8-11(10)20-3/h6-8,16H,1-5H3.